The molecule has 0 saturated heterocycles. The summed E-state index contributed by atoms with van der Waals surface area (Å²) in [5.41, 5.74) is 13.5. The summed E-state index contributed by atoms with van der Waals surface area (Å²) in [7, 11) is 0. The number of benzene rings is 2. The molecule has 0 aliphatic carbocycles. The van der Waals surface area contributed by atoms with Crippen LogP contribution in [-0.4, -0.2) is 36.3 Å². The molecule has 0 bridgehead atoms. The van der Waals surface area contributed by atoms with Crippen LogP contribution in [0.2, 0.25) is 0 Å². The summed E-state index contributed by atoms with van der Waals surface area (Å²) in [6.07, 6.45) is 0. The second-order valence-corrected chi connectivity index (χ2v) is 6.92. The Kier molecular flexibility index (Phi) is 7.83. The summed E-state index contributed by atoms with van der Waals surface area (Å²) < 4.78 is 10.1. The molecular weight excluding hydrogens is 388 g/mol. The normalized spacial score (nSPS) is 12.5. The Labute approximate surface area is 174 Å². The molecule has 0 aliphatic heterocycles. The van der Waals surface area contributed by atoms with Crippen LogP contribution in [-0.2, 0) is 30.5 Å². The van der Waals surface area contributed by atoms with Crippen LogP contribution >= 0.6 is 0 Å². The number of nitrogens with two attached hydrogens (primary N) is 2. The van der Waals surface area contributed by atoms with Crippen molar-refractivity contribution >= 4 is 23.6 Å². The predicted octanol–water partition coefficient (Wildman–Crippen LogP) is 1.20. The van der Waals surface area contributed by atoms with E-state index in [9.17, 15) is 19.2 Å². The van der Waals surface area contributed by atoms with E-state index in [2.05, 4.69) is 0 Å². The molecule has 0 saturated carbocycles. The number of Topliss-reactive ketones (excluding diaryl/α,β-unsaturated/α-hetero) is 1. The van der Waals surface area contributed by atoms with Gasteiger partial charge in [-0.05, 0) is 31.5 Å². The number of ether oxygens (including phenoxy) is 2. The van der Waals surface area contributed by atoms with Gasteiger partial charge < -0.3 is 20.9 Å². The summed E-state index contributed by atoms with van der Waals surface area (Å²) >= 11 is 0. The number of carbonyl (C=O) groups is 4. The monoisotopic (exact) mass is 412 g/mol. The van der Waals surface area contributed by atoms with Gasteiger partial charge in [-0.3, -0.25) is 14.4 Å². The van der Waals surface area contributed by atoms with Crippen LogP contribution < -0.4 is 11.5 Å². The maximum Gasteiger partial charge on any atom is 0.338 e. The van der Waals surface area contributed by atoms with Crippen molar-refractivity contribution in [3.05, 3.63) is 70.8 Å². The van der Waals surface area contributed by atoms with Crippen LogP contribution in [0.25, 0.3) is 0 Å². The molecule has 2 aromatic rings. The molecule has 2 aromatic carbocycles. The molecule has 0 radical (unpaired) electrons. The molecule has 0 aliphatic rings. The van der Waals surface area contributed by atoms with E-state index in [0.717, 1.165) is 11.1 Å². The van der Waals surface area contributed by atoms with Crippen LogP contribution in [0.3, 0.4) is 0 Å². The SMILES string of the molecule is Cc1cc(C)cc(C(=O)OCC(=O)C(C(=O)OCc2ccccc2)C(N)C(N)=O)c1. The van der Waals surface area contributed by atoms with E-state index < -0.39 is 42.2 Å². The van der Waals surface area contributed by atoms with E-state index in [1.807, 2.05) is 19.9 Å². The molecule has 4 N–H and O–H groups in total. The van der Waals surface area contributed by atoms with Gasteiger partial charge in [0.15, 0.2) is 12.4 Å². The number of rotatable bonds is 9. The van der Waals surface area contributed by atoms with E-state index in [1.165, 1.54) is 0 Å². The largest absolute Gasteiger partial charge is 0.460 e. The van der Waals surface area contributed by atoms with Gasteiger partial charge in [0.2, 0.25) is 5.91 Å². The van der Waals surface area contributed by atoms with E-state index in [4.69, 9.17) is 20.9 Å². The molecule has 30 heavy (non-hydrogen) atoms. The highest BCUT2D eigenvalue weighted by atomic mass is 16.5. The smallest absolute Gasteiger partial charge is 0.338 e. The van der Waals surface area contributed by atoms with Crippen molar-refractivity contribution in [2.45, 2.75) is 26.5 Å². The molecule has 0 heterocycles. The van der Waals surface area contributed by atoms with Crippen LogP contribution in [0.1, 0.15) is 27.0 Å². The molecule has 8 heteroatoms. The summed E-state index contributed by atoms with van der Waals surface area (Å²) in [6, 6.07) is 12.3. The highest BCUT2D eigenvalue weighted by Crippen LogP contribution is 2.13. The predicted molar refractivity (Wildman–Crippen MR) is 108 cm³/mol. The Hall–Kier alpha value is -3.52. The van der Waals surface area contributed by atoms with E-state index in [0.29, 0.717) is 5.56 Å². The third-order valence-corrected chi connectivity index (χ3v) is 4.32. The number of primary amides is 1. The first-order valence-corrected chi connectivity index (χ1v) is 9.22. The highest BCUT2D eigenvalue weighted by molar-refractivity contribution is 6.05. The number of carbonyl (C=O) groups excluding carboxylic acids is 4. The minimum absolute atomic E-state index is 0.114. The molecule has 158 valence electrons. The maximum absolute atomic E-state index is 12.5. The lowest BCUT2D eigenvalue weighted by Crippen LogP contribution is -2.50. The van der Waals surface area contributed by atoms with Gasteiger partial charge in [0.05, 0.1) is 5.56 Å². The Morgan fingerprint density at radius 1 is 0.933 bits per heavy atom. The van der Waals surface area contributed by atoms with Crippen molar-refractivity contribution in [3.8, 4) is 0 Å². The number of hydrogen-bond donors (Lipinski definition) is 2. The zero-order valence-corrected chi connectivity index (χ0v) is 16.8. The number of aryl methyl sites for hydroxylation is 2. The number of ketones is 1. The quantitative estimate of drug-likeness (QED) is 0.466. The van der Waals surface area contributed by atoms with Crippen molar-refractivity contribution in [2.75, 3.05) is 6.61 Å². The minimum Gasteiger partial charge on any atom is -0.460 e. The lowest BCUT2D eigenvalue weighted by atomic mass is 9.95. The van der Waals surface area contributed by atoms with Crippen LogP contribution in [0.4, 0.5) is 0 Å². The first-order chi connectivity index (χ1) is 14.2. The number of esters is 2. The lowest BCUT2D eigenvalue weighted by molar-refractivity contribution is -0.156. The summed E-state index contributed by atoms with van der Waals surface area (Å²) in [4.78, 5) is 48.7. The summed E-state index contributed by atoms with van der Waals surface area (Å²) in [5.74, 6) is -5.36. The molecule has 1 amide bonds. The van der Waals surface area contributed by atoms with Gasteiger partial charge in [-0.1, -0.05) is 47.5 Å². The first kappa shape index (κ1) is 22.8. The Bertz CT molecular complexity index is 922. The van der Waals surface area contributed by atoms with Gasteiger partial charge in [-0.2, -0.15) is 0 Å². The topological polar surface area (TPSA) is 139 Å². The molecule has 8 nitrogen and oxygen atoms in total. The number of amides is 1. The van der Waals surface area contributed by atoms with E-state index in [-0.39, 0.29) is 12.2 Å². The van der Waals surface area contributed by atoms with Crippen molar-refractivity contribution in [1.29, 1.82) is 0 Å². The Morgan fingerprint density at radius 2 is 1.53 bits per heavy atom. The maximum atomic E-state index is 12.5. The van der Waals surface area contributed by atoms with E-state index in [1.54, 1.807) is 42.5 Å². The molecular formula is C22H24N2O6. The second-order valence-electron chi connectivity index (χ2n) is 6.92. The van der Waals surface area contributed by atoms with Crippen LogP contribution in [0.5, 0.6) is 0 Å². The van der Waals surface area contributed by atoms with Gasteiger partial charge in [0, 0.05) is 0 Å². The minimum atomic E-state index is -1.68. The van der Waals surface area contributed by atoms with Crippen molar-refractivity contribution in [3.63, 3.8) is 0 Å². The van der Waals surface area contributed by atoms with Crippen LogP contribution in [0, 0.1) is 19.8 Å². The van der Waals surface area contributed by atoms with E-state index >= 15 is 0 Å². The van der Waals surface area contributed by atoms with Crippen molar-refractivity contribution in [1.82, 2.24) is 0 Å². The molecule has 2 unspecified atom stereocenters. The highest BCUT2D eigenvalue weighted by Gasteiger charge is 2.37. The average molecular weight is 412 g/mol. The van der Waals surface area contributed by atoms with Crippen molar-refractivity contribution in [2.24, 2.45) is 17.4 Å². The fourth-order valence-corrected chi connectivity index (χ4v) is 2.86. The standard InChI is InChI=1S/C22H24N2O6/c1-13-8-14(2)10-16(9-13)21(27)30-12-17(25)18(19(23)20(24)26)22(28)29-11-15-6-4-3-5-7-15/h3-10,18-19H,11-12,23H2,1-2H3,(H2,24,26). The van der Waals surface area contributed by atoms with Gasteiger partial charge in [0.25, 0.3) is 0 Å². The fraction of sp³-hybridized carbons (Fsp3) is 0.273. The summed E-state index contributed by atoms with van der Waals surface area (Å²) in [5, 5.41) is 0. The first-order valence-electron chi connectivity index (χ1n) is 9.22. The number of hydrogen-bond acceptors (Lipinski definition) is 7. The lowest BCUT2D eigenvalue weighted by Gasteiger charge is -2.19. The molecule has 0 spiro atoms. The Balaban J connectivity index is 2.06. The third-order valence-electron chi connectivity index (χ3n) is 4.32. The molecule has 0 fully saturated rings. The van der Waals surface area contributed by atoms with Gasteiger partial charge in [-0.25, -0.2) is 4.79 Å². The fourth-order valence-electron chi connectivity index (χ4n) is 2.86. The van der Waals surface area contributed by atoms with Crippen molar-refractivity contribution < 1.29 is 28.7 Å². The zero-order valence-electron chi connectivity index (χ0n) is 16.8. The van der Waals surface area contributed by atoms with Gasteiger partial charge in [0.1, 0.15) is 18.6 Å². The third kappa shape index (κ3) is 6.25. The molecule has 0 aromatic heterocycles. The van der Waals surface area contributed by atoms with Gasteiger partial charge >= 0.3 is 11.9 Å². The Morgan fingerprint density at radius 3 is 2.10 bits per heavy atom. The average Bonchev–Trinajstić information content (AvgIpc) is 2.70. The summed E-state index contributed by atoms with van der Waals surface area (Å²) in [6.45, 7) is 2.77. The zero-order chi connectivity index (χ0) is 22.3. The second kappa shape index (κ2) is 10.3. The molecule has 2 rings (SSSR count). The molecule has 2 atom stereocenters. The van der Waals surface area contributed by atoms with Gasteiger partial charge in [-0.15, -0.1) is 0 Å². The van der Waals surface area contributed by atoms with Crippen LogP contribution in [0.15, 0.2) is 48.5 Å².